The van der Waals surface area contributed by atoms with Crippen LogP contribution in [0.5, 0.6) is 5.75 Å². The molecule has 1 aromatic carbocycles. The Kier molecular flexibility index (Phi) is 5.97. The summed E-state index contributed by atoms with van der Waals surface area (Å²) in [5.41, 5.74) is 3.81. The van der Waals surface area contributed by atoms with Gasteiger partial charge in [0.15, 0.2) is 5.83 Å². The third kappa shape index (κ3) is 4.66. The number of carbonyl (C=O) groups excluding carboxylic acids is 1. The Morgan fingerprint density at radius 1 is 1.14 bits per heavy atom. The Hall–Kier alpha value is -4.22. The van der Waals surface area contributed by atoms with Gasteiger partial charge in [-0.15, -0.1) is 13.2 Å². The number of likely N-dealkylation sites (tertiary alicyclic amines) is 1. The smallest absolute Gasteiger partial charge is 0.406 e. The number of ether oxygens (including phenoxy) is 1. The van der Waals surface area contributed by atoms with Gasteiger partial charge in [0.1, 0.15) is 17.0 Å². The number of hydrogen-bond donors (Lipinski definition) is 0. The van der Waals surface area contributed by atoms with Crippen LogP contribution in [0.4, 0.5) is 17.6 Å². The molecule has 0 N–H and O–H groups in total. The molecule has 1 fully saturated rings. The summed E-state index contributed by atoms with van der Waals surface area (Å²) in [6.45, 7) is 7.52. The summed E-state index contributed by atoms with van der Waals surface area (Å²) in [5, 5.41) is 9.18. The average Bonchev–Trinajstić information content (AvgIpc) is 3.43. The molecule has 0 unspecified atom stereocenters. The molecule has 0 atom stereocenters. The molecule has 0 aliphatic carbocycles. The lowest BCUT2D eigenvalue weighted by Gasteiger charge is -2.39. The molecule has 5 rings (SSSR count). The zero-order valence-corrected chi connectivity index (χ0v) is 19.9. The number of rotatable bonds is 6. The number of benzene rings is 1. The van der Waals surface area contributed by atoms with Gasteiger partial charge in [-0.05, 0) is 44.2 Å². The second-order valence-corrected chi connectivity index (χ2v) is 8.99. The van der Waals surface area contributed by atoms with E-state index in [1.807, 2.05) is 30.8 Å². The number of pyridine rings is 1. The van der Waals surface area contributed by atoms with Crippen molar-refractivity contribution >= 4 is 16.9 Å². The first-order valence-corrected chi connectivity index (χ1v) is 11.4. The number of hydrogen-bond acceptors (Lipinski definition) is 5. The number of amides is 1. The molecule has 4 heterocycles. The van der Waals surface area contributed by atoms with Gasteiger partial charge in [-0.1, -0.05) is 6.58 Å². The van der Waals surface area contributed by atoms with Gasteiger partial charge in [0, 0.05) is 48.2 Å². The molecule has 1 aliphatic heterocycles. The van der Waals surface area contributed by atoms with Crippen LogP contribution in [0.25, 0.3) is 33.4 Å². The molecule has 8 nitrogen and oxygen atoms in total. The molecule has 4 aromatic rings. The fraction of sp³-hybridized carbons (Fsp3) is 0.280. The first kappa shape index (κ1) is 24.5. The molecule has 37 heavy (non-hydrogen) atoms. The molecule has 0 radical (unpaired) electrons. The molecular formula is C25H22F4N6O2. The third-order valence-electron chi connectivity index (χ3n) is 6.12. The fourth-order valence-electron chi connectivity index (χ4n) is 4.28. The van der Waals surface area contributed by atoms with E-state index >= 15 is 0 Å². The number of nitrogens with zero attached hydrogens (tertiary/aromatic N) is 6. The molecule has 1 aliphatic rings. The minimum absolute atomic E-state index is 0.143. The number of alkyl halides is 3. The van der Waals surface area contributed by atoms with Crippen molar-refractivity contribution in [1.82, 2.24) is 29.4 Å². The van der Waals surface area contributed by atoms with Gasteiger partial charge in [0.05, 0.1) is 17.8 Å². The van der Waals surface area contributed by atoms with Crippen molar-refractivity contribution in [2.24, 2.45) is 0 Å². The highest BCUT2D eigenvalue weighted by Gasteiger charge is 2.36. The summed E-state index contributed by atoms with van der Waals surface area (Å²) in [6.07, 6.45) is 0.470. The minimum Gasteiger partial charge on any atom is -0.406 e. The van der Waals surface area contributed by atoms with E-state index < -0.39 is 18.1 Å². The van der Waals surface area contributed by atoms with Crippen molar-refractivity contribution in [3.8, 4) is 28.1 Å². The SMILES string of the molecule is C=C(F)C(=O)N1CC(n2nc(-c3ccc(OC(F)(F)F)cc3)c3nccc(-c4cnn(C(C)C)c4)c32)C1. The standard InChI is InChI=1S/C25H22F4N6O2/c1-14(2)34-11-17(10-31-34)20-8-9-30-22-21(16-4-6-19(7-5-16)37-25(27,28)29)32-35(23(20)22)18-12-33(13-18)24(36)15(3)26/h4-11,14,18H,3,12-13H2,1-2H3. The lowest BCUT2D eigenvalue weighted by Crippen LogP contribution is -2.51. The predicted octanol–water partition coefficient (Wildman–Crippen LogP) is 5.31. The van der Waals surface area contributed by atoms with Crippen LogP contribution >= 0.6 is 0 Å². The molecular weight excluding hydrogens is 492 g/mol. The normalized spacial score (nSPS) is 14.3. The number of carbonyl (C=O) groups is 1. The van der Waals surface area contributed by atoms with Crippen molar-refractivity contribution in [2.75, 3.05) is 13.1 Å². The zero-order valence-electron chi connectivity index (χ0n) is 19.9. The number of aromatic nitrogens is 5. The van der Waals surface area contributed by atoms with Gasteiger partial charge in [-0.2, -0.15) is 10.2 Å². The molecule has 0 spiro atoms. The fourth-order valence-corrected chi connectivity index (χ4v) is 4.28. The topological polar surface area (TPSA) is 78.1 Å². The van der Waals surface area contributed by atoms with E-state index in [1.165, 1.54) is 29.2 Å². The van der Waals surface area contributed by atoms with Gasteiger partial charge < -0.3 is 9.64 Å². The highest BCUT2D eigenvalue weighted by molar-refractivity contribution is 5.99. The van der Waals surface area contributed by atoms with Gasteiger partial charge in [0.25, 0.3) is 5.91 Å². The molecule has 12 heteroatoms. The largest absolute Gasteiger partial charge is 0.573 e. The summed E-state index contributed by atoms with van der Waals surface area (Å²) in [4.78, 5) is 17.8. The molecule has 192 valence electrons. The van der Waals surface area contributed by atoms with E-state index in [0.29, 0.717) is 22.3 Å². The summed E-state index contributed by atoms with van der Waals surface area (Å²) < 4.78 is 58.7. The molecule has 3 aromatic heterocycles. The quantitative estimate of drug-likeness (QED) is 0.258. The Morgan fingerprint density at radius 2 is 1.84 bits per heavy atom. The highest BCUT2D eigenvalue weighted by atomic mass is 19.4. The first-order chi connectivity index (χ1) is 17.5. The van der Waals surface area contributed by atoms with Crippen LogP contribution in [0.1, 0.15) is 25.9 Å². The van der Waals surface area contributed by atoms with Crippen molar-refractivity contribution in [3.63, 3.8) is 0 Å². The maximum Gasteiger partial charge on any atom is 0.573 e. The second kappa shape index (κ2) is 9.02. The van der Waals surface area contributed by atoms with E-state index in [-0.39, 0.29) is 30.9 Å². The third-order valence-corrected chi connectivity index (χ3v) is 6.12. The van der Waals surface area contributed by atoms with Crippen LogP contribution in [-0.2, 0) is 4.79 Å². The van der Waals surface area contributed by atoms with E-state index in [2.05, 4.69) is 21.4 Å². The highest BCUT2D eigenvalue weighted by Crippen LogP contribution is 2.37. The van der Waals surface area contributed by atoms with Gasteiger partial charge in [0.2, 0.25) is 0 Å². The Morgan fingerprint density at radius 3 is 2.43 bits per heavy atom. The van der Waals surface area contributed by atoms with Crippen LogP contribution in [0, 0.1) is 0 Å². The van der Waals surface area contributed by atoms with Crippen molar-refractivity contribution in [3.05, 3.63) is 61.3 Å². The van der Waals surface area contributed by atoms with Crippen LogP contribution in [0.15, 0.2) is 61.3 Å². The average molecular weight is 514 g/mol. The monoisotopic (exact) mass is 514 g/mol. The Bertz CT molecular complexity index is 1480. The summed E-state index contributed by atoms with van der Waals surface area (Å²) in [6, 6.07) is 7.07. The van der Waals surface area contributed by atoms with E-state index in [9.17, 15) is 22.4 Å². The van der Waals surface area contributed by atoms with E-state index in [0.717, 1.165) is 11.1 Å². The van der Waals surface area contributed by atoms with Gasteiger partial charge >= 0.3 is 6.36 Å². The van der Waals surface area contributed by atoms with Crippen LogP contribution in [-0.4, -0.2) is 54.8 Å². The van der Waals surface area contributed by atoms with Gasteiger partial charge in [-0.3, -0.25) is 19.1 Å². The van der Waals surface area contributed by atoms with E-state index in [1.54, 1.807) is 17.1 Å². The van der Waals surface area contributed by atoms with Crippen LogP contribution in [0.3, 0.4) is 0 Å². The Balaban J connectivity index is 1.60. The number of fused-ring (bicyclic) bond motifs is 1. The second-order valence-electron chi connectivity index (χ2n) is 8.99. The maximum atomic E-state index is 13.4. The van der Waals surface area contributed by atoms with Crippen LogP contribution < -0.4 is 4.74 Å². The van der Waals surface area contributed by atoms with Crippen molar-refractivity contribution < 1.29 is 27.1 Å². The Labute approximate surface area is 208 Å². The zero-order chi connectivity index (χ0) is 26.5. The lowest BCUT2D eigenvalue weighted by atomic mass is 10.0. The summed E-state index contributed by atoms with van der Waals surface area (Å²) >= 11 is 0. The minimum atomic E-state index is -4.80. The molecule has 0 saturated carbocycles. The summed E-state index contributed by atoms with van der Waals surface area (Å²) in [5.74, 6) is -2.16. The lowest BCUT2D eigenvalue weighted by molar-refractivity contribution is -0.274. The molecule has 0 bridgehead atoms. The van der Waals surface area contributed by atoms with E-state index in [4.69, 9.17) is 5.10 Å². The van der Waals surface area contributed by atoms with Crippen LogP contribution in [0.2, 0.25) is 0 Å². The first-order valence-electron chi connectivity index (χ1n) is 11.4. The molecule has 1 saturated heterocycles. The molecule has 1 amide bonds. The van der Waals surface area contributed by atoms with Crippen molar-refractivity contribution in [2.45, 2.75) is 32.3 Å². The maximum absolute atomic E-state index is 13.4. The van der Waals surface area contributed by atoms with Crippen molar-refractivity contribution in [1.29, 1.82) is 0 Å². The van der Waals surface area contributed by atoms with Gasteiger partial charge in [-0.25, -0.2) is 4.39 Å². The number of halogens is 4. The summed E-state index contributed by atoms with van der Waals surface area (Å²) in [7, 11) is 0. The predicted molar refractivity (Wildman–Crippen MR) is 127 cm³/mol.